The van der Waals surface area contributed by atoms with Crippen molar-refractivity contribution in [3.8, 4) is 0 Å². The summed E-state index contributed by atoms with van der Waals surface area (Å²) in [5, 5.41) is 5.32. The molecule has 2 amide bonds. The van der Waals surface area contributed by atoms with Gasteiger partial charge in [-0.05, 0) is 24.6 Å². The van der Waals surface area contributed by atoms with E-state index in [2.05, 4.69) is 10.6 Å². The predicted octanol–water partition coefficient (Wildman–Crippen LogP) is 0.400. The second-order valence-corrected chi connectivity index (χ2v) is 4.24. The lowest BCUT2D eigenvalue weighted by Crippen LogP contribution is -2.29. The predicted molar refractivity (Wildman–Crippen MR) is 69.9 cm³/mol. The molecule has 0 bridgehead atoms. The van der Waals surface area contributed by atoms with Crippen molar-refractivity contribution in [2.75, 3.05) is 7.05 Å². The fourth-order valence-electron chi connectivity index (χ4n) is 1.53. The van der Waals surface area contributed by atoms with Gasteiger partial charge in [0.15, 0.2) is 0 Å². The van der Waals surface area contributed by atoms with Crippen molar-refractivity contribution in [2.24, 2.45) is 5.73 Å². The van der Waals surface area contributed by atoms with E-state index in [-0.39, 0.29) is 17.9 Å². The van der Waals surface area contributed by atoms with Gasteiger partial charge >= 0.3 is 0 Å². The first-order chi connectivity index (χ1) is 8.52. The van der Waals surface area contributed by atoms with Gasteiger partial charge in [0.25, 0.3) is 5.91 Å². The average Bonchev–Trinajstić information content (AvgIpc) is 2.35. The van der Waals surface area contributed by atoms with E-state index in [9.17, 15) is 9.59 Å². The van der Waals surface area contributed by atoms with Gasteiger partial charge in [0.1, 0.15) is 0 Å². The third-order valence-electron chi connectivity index (χ3n) is 2.41. The van der Waals surface area contributed by atoms with Gasteiger partial charge in [-0.25, -0.2) is 0 Å². The third kappa shape index (κ3) is 4.55. The molecule has 0 radical (unpaired) electrons. The van der Waals surface area contributed by atoms with Gasteiger partial charge in [-0.1, -0.05) is 12.1 Å². The van der Waals surface area contributed by atoms with Crippen LogP contribution in [0.4, 0.5) is 0 Å². The Kier molecular flexibility index (Phi) is 5.32. The molecule has 1 aromatic carbocycles. The van der Waals surface area contributed by atoms with Crippen LogP contribution in [0.1, 0.15) is 29.3 Å². The summed E-state index contributed by atoms with van der Waals surface area (Å²) in [5.41, 5.74) is 6.99. The molecule has 5 heteroatoms. The third-order valence-corrected chi connectivity index (χ3v) is 2.41. The van der Waals surface area contributed by atoms with Gasteiger partial charge < -0.3 is 16.4 Å². The number of nitrogens with one attached hydrogen (secondary N) is 2. The minimum atomic E-state index is -0.151. The zero-order chi connectivity index (χ0) is 13.5. The molecule has 18 heavy (non-hydrogen) atoms. The molecule has 0 heterocycles. The van der Waals surface area contributed by atoms with Crippen LogP contribution in [-0.4, -0.2) is 24.9 Å². The molecule has 0 saturated heterocycles. The summed E-state index contributed by atoms with van der Waals surface area (Å²) in [6.07, 6.45) is 0.301. The van der Waals surface area contributed by atoms with Crippen molar-refractivity contribution in [1.82, 2.24) is 10.6 Å². The molecule has 0 saturated carbocycles. The SMILES string of the molecule is CNC(=O)c1cccc(CNC(=O)CC(C)N)c1. The monoisotopic (exact) mass is 249 g/mol. The lowest BCUT2D eigenvalue weighted by molar-refractivity contribution is -0.121. The van der Waals surface area contributed by atoms with Crippen LogP contribution in [0.5, 0.6) is 0 Å². The molecule has 1 rings (SSSR count). The van der Waals surface area contributed by atoms with Gasteiger partial charge in [0.05, 0.1) is 0 Å². The molecular weight excluding hydrogens is 230 g/mol. The Morgan fingerprint density at radius 2 is 2.11 bits per heavy atom. The van der Waals surface area contributed by atoms with Crippen LogP contribution in [0.25, 0.3) is 0 Å². The van der Waals surface area contributed by atoms with Crippen molar-refractivity contribution in [3.05, 3.63) is 35.4 Å². The Balaban J connectivity index is 2.57. The largest absolute Gasteiger partial charge is 0.355 e. The molecule has 0 aliphatic carbocycles. The van der Waals surface area contributed by atoms with E-state index in [0.717, 1.165) is 5.56 Å². The molecule has 0 aliphatic heterocycles. The smallest absolute Gasteiger partial charge is 0.251 e. The number of nitrogens with two attached hydrogens (primary N) is 1. The number of rotatable bonds is 5. The molecule has 98 valence electrons. The van der Waals surface area contributed by atoms with Crippen LogP contribution in [0.2, 0.25) is 0 Å². The maximum absolute atomic E-state index is 11.4. The van der Waals surface area contributed by atoms with Crippen molar-refractivity contribution in [3.63, 3.8) is 0 Å². The first-order valence-corrected chi connectivity index (χ1v) is 5.86. The highest BCUT2D eigenvalue weighted by Crippen LogP contribution is 2.05. The van der Waals surface area contributed by atoms with Gasteiger partial charge in [-0.3, -0.25) is 9.59 Å². The maximum atomic E-state index is 11.4. The van der Waals surface area contributed by atoms with E-state index < -0.39 is 0 Å². The standard InChI is InChI=1S/C13H19N3O2/c1-9(14)6-12(17)16-8-10-4-3-5-11(7-10)13(18)15-2/h3-5,7,9H,6,8,14H2,1-2H3,(H,15,18)(H,16,17). The number of amides is 2. The molecule has 1 aromatic rings. The van der Waals surface area contributed by atoms with Crippen molar-refractivity contribution in [2.45, 2.75) is 25.9 Å². The molecule has 5 nitrogen and oxygen atoms in total. The summed E-state index contributed by atoms with van der Waals surface area (Å²) in [6, 6.07) is 6.98. The second kappa shape index (κ2) is 6.76. The first-order valence-electron chi connectivity index (χ1n) is 5.86. The lowest BCUT2D eigenvalue weighted by Gasteiger charge is -2.08. The number of carbonyl (C=O) groups excluding carboxylic acids is 2. The van der Waals surface area contributed by atoms with Crippen LogP contribution in [0.3, 0.4) is 0 Å². The Morgan fingerprint density at radius 3 is 2.72 bits per heavy atom. The van der Waals surface area contributed by atoms with E-state index in [1.165, 1.54) is 0 Å². The number of hydrogen-bond donors (Lipinski definition) is 3. The molecule has 1 atom stereocenters. The zero-order valence-electron chi connectivity index (χ0n) is 10.7. The fraction of sp³-hybridized carbons (Fsp3) is 0.385. The topological polar surface area (TPSA) is 84.2 Å². The molecule has 0 aliphatic rings. The average molecular weight is 249 g/mol. The second-order valence-electron chi connectivity index (χ2n) is 4.24. The fourth-order valence-corrected chi connectivity index (χ4v) is 1.53. The van der Waals surface area contributed by atoms with E-state index in [1.54, 1.807) is 32.2 Å². The van der Waals surface area contributed by atoms with E-state index >= 15 is 0 Å². The van der Waals surface area contributed by atoms with Crippen molar-refractivity contribution < 1.29 is 9.59 Å². The van der Waals surface area contributed by atoms with Crippen molar-refractivity contribution >= 4 is 11.8 Å². The minimum absolute atomic E-state index is 0.0876. The van der Waals surface area contributed by atoms with E-state index in [1.807, 2.05) is 6.07 Å². The summed E-state index contributed by atoms with van der Waals surface area (Å²) in [7, 11) is 1.58. The van der Waals surface area contributed by atoms with Crippen LogP contribution in [-0.2, 0) is 11.3 Å². The summed E-state index contributed by atoms with van der Waals surface area (Å²) >= 11 is 0. The Morgan fingerprint density at radius 1 is 1.39 bits per heavy atom. The summed E-state index contributed by atoms with van der Waals surface area (Å²) in [5.74, 6) is -0.228. The number of carbonyl (C=O) groups is 2. The highest BCUT2D eigenvalue weighted by Gasteiger charge is 2.06. The van der Waals surface area contributed by atoms with Gasteiger partial charge in [0, 0.05) is 31.6 Å². The molecule has 0 aromatic heterocycles. The van der Waals surface area contributed by atoms with Gasteiger partial charge in [-0.15, -0.1) is 0 Å². The first kappa shape index (κ1) is 14.2. The van der Waals surface area contributed by atoms with Crippen molar-refractivity contribution in [1.29, 1.82) is 0 Å². The summed E-state index contributed by atoms with van der Waals surface area (Å²) in [6.45, 7) is 2.18. The summed E-state index contributed by atoms with van der Waals surface area (Å²) in [4.78, 5) is 22.9. The zero-order valence-corrected chi connectivity index (χ0v) is 10.7. The normalized spacial score (nSPS) is 11.7. The molecule has 0 fully saturated rings. The van der Waals surface area contributed by atoms with Crippen LogP contribution in [0, 0.1) is 0 Å². The van der Waals surface area contributed by atoms with Crippen LogP contribution >= 0.6 is 0 Å². The molecule has 1 unspecified atom stereocenters. The minimum Gasteiger partial charge on any atom is -0.355 e. The Labute approximate surface area is 107 Å². The van der Waals surface area contributed by atoms with Crippen LogP contribution < -0.4 is 16.4 Å². The van der Waals surface area contributed by atoms with Gasteiger partial charge in [0.2, 0.25) is 5.91 Å². The number of hydrogen-bond acceptors (Lipinski definition) is 3. The lowest BCUT2D eigenvalue weighted by atomic mass is 10.1. The summed E-state index contributed by atoms with van der Waals surface area (Å²) < 4.78 is 0. The van der Waals surface area contributed by atoms with E-state index in [4.69, 9.17) is 5.73 Å². The maximum Gasteiger partial charge on any atom is 0.251 e. The Bertz CT molecular complexity index is 430. The highest BCUT2D eigenvalue weighted by molar-refractivity contribution is 5.94. The van der Waals surface area contributed by atoms with E-state index in [0.29, 0.717) is 18.5 Å². The quantitative estimate of drug-likeness (QED) is 0.706. The van der Waals surface area contributed by atoms with Gasteiger partial charge in [-0.2, -0.15) is 0 Å². The van der Waals surface area contributed by atoms with Crippen LogP contribution in [0.15, 0.2) is 24.3 Å². The highest BCUT2D eigenvalue weighted by atomic mass is 16.2. The molecule has 4 N–H and O–H groups in total. The number of benzene rings is 1. The Hall–Kier alpha value is -1.88. The molecule has 0 spiro atoms. The molecular formula is C13H19N3O2.